The second-order valence-electron chi connectivity index (χ2n) is 9.24. The van der Waals surface area contributed by atoms with Gasteiger partial charge in [-0.25, -0.2) is 4.98 Å². The van der Waals surface area contributed by atoms with E-state index in [1.54, 1.807) is 0 Å². The van der Waals surface area contributed by atoms with E-state index in [-0.39, 0.29) is 36.4 Å². The highest BCUT2D eigenvalue weighted by molar-refractivity contribution is 5.91. The Morgan fingerprint density at radius 1 is 1.13 bits per heavy atom. The fraction of sp³-hybridized carbons (Fsp3) is 0.708. The number of carbonyl (C=O) groups is 2. The van der Waals surface area contributed by atoms with Gasteiger partial charge in [-0.1, -0.05) is 44.3 Å². The standard InChI is InChI=1S/C24H34N2O5/c27-21(28)10-6-2-5-9-17-19-11-12-20(31-19)22(17)24-26-18(15-30-24)23(29)25-14-13-16-7-3-1-4-8-16/h2,5,15-17,19-20,22H,1,3-4,6-14H2,(H,25,29)(H,27,28)/b5-2-. The summed E-state index contributed by atoms with van der Waals surface area (Å²) in [6.45, 7) is 0.687. The lowest BCUT2D eigenvalue weighted by Crippen LogP contribution is -2.27. The van der Waals surface area contributed by atoms with Gasteiger partial charge in [-0.2, -0.15) is 0 Å². The number of hydrogen-bond donors (Lipinski definition) is 2. The normalized spacial score (nSPS) is 28.4. The number of aliphatic carboxylic acids is 1. The Labute approximate surface area is 183 Å². The third-order valence-electron chi connectivity index (χ3n) is 7.13. The average molecular weight is 431 g/mol. The lowest BCUT2D eigenvalue weighted by atomic mass is 9.77. The molecule has 1 saturated carbocycles. The predicted molar refractivity (Wildman–Crippen MR) is 115 cm³/mol. The zero-order chi connectivity index (χ0) is 21.6. The van der Waals surface area contributed by atoms with E-state index in [9.17, 15) is 9.59 Å². The number of carboxylic acids is 1. The number of fused-ring (bicyclic) bond motifs is 2. The highest BCUT2D eigenvalue weighted by Crippen LogP contribution is 2.50. The molecule has 170 valence electrons. The number of rotatable bonds is 10. The van der Waals surface area contributed by atoms with Crippen LogP contribution < -0.4 is 5.32 Å². The van der Waals surface area contributed by atoms with Crippen molar-refractivity contribution >= 4 is 11.9 Å². The van der Waals surface area contributed by atoms with E-state index < -0.39 is 5.97 Å². The molecule has 3 heterocycles. The van der Waals surface area contributed by atoms with Crippen molar-refractivity contribution in [3.63, 3.8) is 0 Å². The fourth-order valence-corrected chi connectivity index (χ4v) is 5.50. The van der Waals surface area contributed by atoms with Crippen LogP contribution in [0.2, 0.25) is 0 Å². The molecule has 0 radical (unpaired) electrons. The molecule has 0 aromatic carbocycles. The van der Waals surface area contributed by atoms with Crippen LogP contribution >= 0.6 is 0 Å². The summed E-state index contributed by atoms with van der Waals surface area (Å²) in [5.74, 6) is 0.674. The molecule has 2 saturated heterocycles. The number of carboxylic acid groups (broad SMARTS) is 1. The summed E-state index contributed by atoms with van der Waals surface area (Å²) < 4.78 is 11.9. The summed E-state index contributed by atoms with van der Waals surface area (Å²) in [5, 5.41) is 11.8. The van der Waals surface area contributed by atoms with E-state index in [4.69, 9.17) is 14.3 Å². The van der Waals surface area contributed by atoms with Gasteiger partial charge in [0.15, 0.2) is 5.69 Å². The molecule has 2 aliphatic heterocycles. The smallest absolute Gasteiger partial charge is 0.303 e. The minimum absolute atomic E-state index is 0.0478. The van der Waals surface area contributed by atoms with Crippen molar-refractivity contribution in [3.8, 4) is 0 Å². The Kier molecular flexibility index (Phi) is 7.43. The molecule has 4 rings (SSSR count). The predicted octanol–water partition coefficient (Wildman–Crippen LogP) is 4.45. The van der Waals surface area contributed by atoms with Crippen molar-refractivity contribution in [1.82, 2.24) is 10.3 Å². The summed E-state index contributed by atoms with van der Waals surface area (Å²) in [6, 6.07) is 0. The van der Waals surface area contributed by atoms with Crippen LogP contribution in [-0.4, -0.2) is 40.7 Å². The van der Waals surface area contributed by atoms with E-state index >= 15 is 0 Å². The lowest BCUT2D eigenvalue weighted by molar-refractivity contribution is -0.136. The first kappa shape index (κ1) is 22.1. The summed E-state index contributed by atoms with van der Waals surface area (Å²) in [7, 11) is 0. The van der Waals surface area contributed by atoms with Crippen molar-refractivity contribution < 1.29 is 23.8 Å². The number of ether oxygens (including phenoxy) is 1. The van der Waals surface area contributed by atoms with Crippen LogP contribution in [0, 0.1) is 11.8 Å². The van der Waals surface area contributed by atoms with Crippen LogP contribution in [0.15, 0.2) is 22.8 Å². The van der Waals surface area contributed by atoms with Crippen molar-refractivity contribution in [2.24, 2.45) is 11.8 Å². The third kappa shape index (κ3) is 5.56. The molecule has 31 heavy (non-hydrogen) atoms. The minimum atomic E-state index is -0.782. The number of amides is 1. The summed E-state index contributed by atoms with van der Waals surface area (Å²) >= 11 is 0. The zero-order valence-electron chi connectivity index (χ0n) is 18.1. The van der Waals surface area contributed by atoms with E-state index in [1.807, 2.05) is 12.2 Å². The van der Waals surface area contributed by atoms with Gasteiger partial charge >= 0.3 is 5.97 Å². The van der Waals surface area contributed by atoms with Crippen LogP contribution in [0.25, 0.3) is 0 Å². The molecule has 2 bridgehead atoms. The lowest BCUT2D eigenvalue weighted by Gasteiger charge is -2.24. The maximum Gasteiger partial charge on any atom is 0.303 e. The Morgan fingerprint density at radius 3 is 2.74 bits per heavy atom. The first-order valence-corrected chi connectivity index (χ1v) is 11.9. The number of nitrogens with zero attached hydrogens (tertiary/aromatic N) is 1. The first-order chi connectivity index (χ1) is 15.1. The molecule has 3 aliphatic rings. The number of carbonyl (C=O) groups excluding carboxylic acids is 1. The van der Waals surface area contributed by atoms with Gasteiger partial charge in [0.1, 0.15) is 6.26 Å². The van der Waals surface area contributed by atoms with Crippen LogP contribution in [0.4, 0.5) is 0 Å². The van der Waals surface area contributed by atoms with Crippen molar-refractivity contribution in [2.75, 3.05) is 6.54 Å². The Morgan fingerprint density at radius 2 is 1.94 bits per heavy atom. The maximum absolute atomic E-state index is 12.5. The second-order valence-corrected chi connectivity index (χ2v) is 9.24. The molecule has 3 fully saturated rings. The van der Waals surface area contributed by atoms with Gasteiger partial charge in [-0.15, -0.1) is 0 Å². The highest BCUT2D eigenvalue weighted by Gasteiger charge is 2.51. The number of allylic oxidation sites excluding steroid dienone is 2. The van der Waals surface area contributed by atoms with Gasteiger partial charge in [-0.05, 0) is 38.0 Å². The fourth-order valence-electron chi connectivity index (χ4n) is 5.50. The molecule has 0 spiro atoms. The minimum Gasteiger partial charge on any atom is -0.481 e. The SMILES string of the molecule is O=C(O)CC/C=C\CC1C2CCC(O2)C1c1nc(C(=O)NCCC2CCCCC2)co1. The molecular weight excluding hydrogens is 396 g/mol. The van der Waals surface area contributed by atoms with Gasteiger partial charge in [0, 0.05) is 18.9 Å². The molecule has 7 heteroatoms. The molecule has 1 aromatic rings. The van der Waals surface area contributed by atoms with Gasteiger partial charge in [-0.3, -0.25) is 9.59 Å². The van der Waals surface area contributed by atoms with Crippen molar-refractivity contribution in [2.45, 2.75) is 88.8 Å². The Bertz CT molecular complexity index is 783. The number of nitrogens with one attached hydrogen (secondary N) is 1. The van der Waals surface area contributed by atoms with E-state index in [2.05, 4.69) is 10.3 Å². The van der Waals surface area contributed by atoms with Crippen molar-refractivity contribution in [1.29, 1.82) is 0 Å². The van der Waals surface area contributed by atoms with E-state index in [0.29, 0.717) is 24.6 Å². The van der Waals surface area contributed by atoms with E-state index in [0.717, 1.165) is 31.6 Å². The monoisotopic (exact) mass is 430 g/mol. The number of aromatic nitrogens is 1. The molecular formula is C24H34N2O5. The van der Waals surface area contributed by atoms with Gasteiger partial charge in [0.05, 0.1) is 18.1 Å². The Hall–Kier alpha value is -2.15. The molecule has 1 aliphatic carbocycles. The van der Waals surface area contributed by atoms with Crippen LogP contribution in [0.1, 0.15) is 92.9 Å². The van der Waals surface area contributed by atoms with E-state index in [1.165, 1.54) is 38.4 Å². The quantitative estimate of drug-likeness (QED) is 0.532. The van der Waals surface area contributed by atoms with Gasteiger partial charge < -0.3 is 19.6 Å². The maximum atomic E-state index is 12.5. The topological polar surface area (TPSA) is 102 Å². The highest BCUT2D eigenvalue weighted by atomic mass is 16.5. The summed E-state index contributed by atoms with van der Waals surface area (Å²) in [6.07, 6.45) is 16.8. The average Bonchev–Trinajstić information content (AvgIpc) is 3.50. The molecule has 7 nitrogen and oxygen atoms in total. The summed E-state index contributed by atoms with van der Waals surface area (Å²) in [5.41, 5.74) is 0.345. The number of hydrogen-bond acceptors (Lipinski definition) is 5. The van der Waals surface area contributed by atoms with Crippen LogP contribution in [0.3, 0.4) is 0 Å². The largest absolute Gasteiger partial charge is 0.481 e. The van der Waals surface area contributed by atoms with Gasteiger partial charge in [0.2, 0.25) is 5.89 Å². The molecule has 1 aromatic heterocycles. The van der Waals surface area contributed by atoms with Crippen LogP contribution in [-0.2, 0) is 9.53 Å². The second kappa shape index (κ2) is 10.4. The first-order valence-electron chi connectivity index (χ1n) is 11.9. The molecule has 1 amide bonds. The third-order valence-corrected chi connectivity index (χ3v) is 7.13. The molecule has 4 unspecified atom stereocenters. The molecule has 4 atom stereocenters. The van der Waals surface area contributed by atoms with Crippen LogP contribution in [0.5, 0.6) is 0 Å². The van der Waals surface area contributed by atoms with Gasteiger partial charge in [0.25, 0.3) is 5.91 Å². The molecule has 2 N–H and O–H groups in total. The summed E-state index contributed by atoms with van der Waals surface area (Å²) in [4.78, 5) is 27.7. The zero-order valence-corrected chi connectivity index (χ0v) is 18.1. The van der Waals surface area contributed by atoms with Crippen molar-refractivity contribution in [3.05, 3.63) is 30.0 Å². The Balaban J connectivity index is 1.30. The number of oxazole rings is 1.